The van der Waals surface area contributed by atoms with Crippen LogP contribution in [0, 0.1) is 5.41 Å². The van der Waals surface area contributed by atoms with E-state index in [0.29, 0.717) is 19.3 Å². The second-order valence-corrected chi connectivity index (χ2v) is 5.51. The summed E-state index contributed by atoms with van der Waals surface area (Å²) in [7, 11) is -3.76. The summed E-state index contributed by atoms with van der Waals surface area (Å²) in [5.74, 6) is -0.935. The number of carboxylic acids is 1. The molecule has 1 rings (SSSR count). The third kappa shape index (κ3) is 2.47. The Hall–Kier alpha value is -0.660. The maximum absolute atomic E-state index is 11.1. The van der Waals surface area contributed by atoms with E-state index in [4.69, 9.17) is 10.2 Å². The average Bonchev–Trinajstić information content (AvgIpc) is 2.49. The van der Waals surface area contributed by atoms with E-state index >= 15 is 0 Å². The Morgan fingerprint density at radius 1 is 1.60 bits per heavy atom. The van der Waals surface area contributed by atoms with Crippen molar-refractivity contribution in [3.8, 4) is 0 Å². The molecule has 3 N–H and O–H groups in total. The van der Waals surface area contributed by atoms with Crippen molar-refractivity contribution in [2.75, 3.05) is 13.1 Å². The van der Waals surface area contributed by atoms with Crippen molar-refractivity contribution >= 4 is 16.2 Å². The van der Waals surface area contributed by atoms with Crippen LogP contribution in [0.5, 0.6) is 0 Å². The fraction of sp³-hybridized carbons (Fsp3) is 0.875. The summed E-state index contributed by atoms with van der Waals surface area (Å²) in [5, 5.41) is 14.1. The monoisotopic (exact) mass is 236 g/mol. The fourth-order valence-electron chi connectivity index (χ4n) is 2.02. The van der Waals surface area contributed by atoms with E-state index in [2.05, 4.69) is 0 Å². The van der Waals surface area contributed by atoms with Crippen LogP contribution in [0.2, 0.25) is 0 Å². The van der Waals surface area contributed by atoms with Crippen LogP contribution in [-0.2, 0) is 15.0 Å². The van der Waals surface area contributed by atoms with Gasteiger partial charge in [0.25, 0.3) is 10.2 Å². The smallest absolute Gasteiger partial charge is 0.311 e. The zero-order valence-electron chi connectivity index (χ0n) is 8.64. The van der Waals surface area contributed by atoms with Crippen LogP contribution < -0.4 is 5.14 Å². The van der Waals surface area contributed by atoms with E-state index < -0.39 is 21.6 Å². The van der Waals surface area contributed by atoms with Crippen molar-refractivity contribution in [1.82, 2.24) is 4.31 Å². The molecule has 1 heterocycles. The minimum absolute atomic E-state index is 0.00495. The zero-order chi connectivity index (χ0) is 11.7. The summed E-state index contributed by atoms with van der Waals surface area (Å²) in [6, 6.07) is 0. The molecule has 0 amide bonds. The van der Waals surface area contributed by atoms with Crippen molar-refractivity contribution in [1.29, 1.82) is 0 Å². The fourth-order valence-corrected chi connectivity index (χ4v) is 2.79. The van der Waals surface area contributed by atoms with Gasteiger partial charge < -0.3 is 5.11 Å². The molecular formula is C8H16N2O4S. The summed E-state index contributed by atoms with van der Waals surface area (Å²) in [6.07, 6.45) is 1.53. The molecule has 0 aromatic carbocycles. The third-order valence-electron chi connectivity index (χ3n) is 2.86. The van der Waals surface area contributed by atoms with Gasteiger partial charge in [-0.1, -0.05) is 13.3 Å². The molecule has 0 spiro atoms. The van der Waals surface area contributed by atoms with Crippen LogP contribution in [0.4, 0.5) is 0 Å². The van der Waals surface area contributed by atoms with Gasteiger partial charge >= 0.3 is 5.97 Å². The Labute approximate surface area is 89.2 Å². The molecule has 1 aliphatic heterocycles. The molecule has 0 bridgehead atoms. The largest absolute Gasteiger partial charge is 0.481 e. The van der Waals surface area contributed by atoms with Crippen LogP contribution >= 0.6 is 0 Å². The number of aliphatic carboxylic acids is 1. The number of hydrogen-bond donors (Lipinski definition) is 2. The van der Waals surface area contributed by atoms with Crippen LogP contribution in [0.3, 0.4) is 0 Å². The molecule has 88 valence electrons. The Morgan fingerprint density at radius 3 is 2.53 bits per heavy atom. The minimum atomic E-state index is -3.76. The molecule has 0 aliphatic carbocycles. The molecule has 7 heteroatoms. The molecule has 1 unspecified atom stereocenters. The molecule has 0 saturated carbocycles. The number of nitrogens with two attached hydrogens (primary N) is 1. The predicted octanol–water partition coefficient (Wildman–Crippen LogP) is -0.233. The third-order valence-corrected chi connectivity index (χ3v) is 3.89. The van der Waals surface area contributed by atoms with Gasteiger partial charge in [-0.05, 0) is 12.8 Å². The highest BCUT2D eigenvalue weighted by atomic mass is 32.2. The first kappa shape index (κ1) is 12.4. The van der Waals surface area contributed by atoms with Gasteiger partial charge in [-0.15, -0.1) is 0 Å². The maximum Gasteiger partial charge on any atom is 0.311 e. The number of nitrogens with zero attached hydrogens (tertiary/aromatic N) is 1. The highest BCUT2D eigenvalue weighted by Crippen LogP contribution is 2.36. The minimum Gasteiger partial charge on any atom is -0.481 e. The highest BCUT2D eigenvalue weighted by Gasteiger charge is 2.46. The van der Waals surface area contributed by atoms with Crippen molar-refractivity contribution in [3.05, 3.63) is 0 Å². The second-order valence-electron chi connectivity index (χ2n) is 3.96. The number of carboxylic acid groups (broad SMARTS) is 1. The van der Waals surface area contributed by atoms with Crippen molar-refractivity contribution < 1.29 is 18.3 Å². The first-order valence-electron chi connectivity index (χ1n) is 4.83. The first-order chi connectivity index (χ1) is 6.82. The normalized spacial score (nSPS) is 28.1. The summed E-state index contributed by atoms with van der Waals surface area (Å²) in [5.41, 5.74) is -0.943. The topological polar surface area (TPSA) is 101 Å². The van der Waals surface area contributed by atoms with E-state index in [9.17, 15) is 13.2 Å². The van der Waals surface area contributed by atoms with Gasteiger partial charge in [0.15, 0.2) is 0 Å². The van der Waals surface area contributed by atoms with E-state index in [-0.39, 0.29) is 13.1 Å². The van der Waals surface area contributed by atoms with Gasteiger partial charge in [-0.25, -0.2) is 5.14 Å². The molecule has 0 radical (unpaired) electrons. The molecule has 1 fully saturated rings. The lowest BCUT2D eigenvalue weighted by molar-refractivity contribution is -0.148. The molecule has 1 aliphatic rings. The summed E-state index contributed by atoms with van der Waals surface area (Å²) in [6.45, 7) is 2.07. The maximum atomic E-state index is 11.1. The Kier molecular flexibility index (Phi) is 3.37. The Bertz CT molecular complexity index is 354. The average molecular weight is 236 g/mol. The molecule has 1 atom stereocenters. The predicted molar refractivity (Wildman–Crippen MR) is 54.3 cm³/mol. The standard InChI is InChI=1S/C8H16N2O4S/c1-2-3-8(7(11)12)4-5-10(6-8)15(9,13)14/h2-6H2,1H3,(H,11,12)(H2,9,13,14). The molecule has 0 aromatic rings. The number of hydrogen-bond acceptors (Lipinski definition) is 3. The lowest BCUT2D eigenvalue weighted by Gasteiger charge is -2.23. The van der Waals surface area contributed by atoms with Crippen LogP contribution in [0.25, 0.3) is 0 Å². The van der Waals surface area contributed by atoms with E-state index in [1.807, 2.05) is 6.92 Å². The molecule has 1 saturated heterocycles. The second kappa shape index (κ2) is 4.07. The highest BCUT2D eigenvalue weighted by molar-refractivity contribution is 7.86. The van der Waals surface area contributed by atoms with Crippen molar-refractivity contribution in [3.63, 3.8) is 0 Å². The molecular weight excluding hydrogens is 220 g/mol. The lowest BCUT2D eigenvalue weighted by Crippen LogP contribution is -2.39. The van der Waals surface area contributed by atoms with Crippen LogP contribution in [0.15, 0.2) is 0 Å². The van der Waals surface area contributed by atoms with E-state index in [1.165, 1.54) is 0 Å². The SMILES string of the molecule is CCCC1(C(=O)O)CCN(S(N)(=O)=O)C1. The Morgan fingerprint density at radius 2 is 2.20 bits per heavy atom. The molecule has 6 nitrogen and oxygen atoms in total. The van der Waals surface area contributed by atoms with Gasteiger partial charge in [0.2, 0.25) is 0 Å². The Balaban J connectivity index is 2.86. The number of rotatable bonds is 4. The van der Waals surface area contributed by atoms with Crippen molar-refractivity contribution in [2.45, 2.75) is 26.2 Å². The van der Waals surface area contributed by atoms with E-state index in [1.54, 1.807) is 0 Å². The molecule has 0 aromatic heterocycles. The quantitative estimate of drug-likeness (QED) is 0.703. The lowest BCUT2D eigenvalue weighted by atomic mass is 9.83. The van der Waals surface area contributed by atoms with Gasteiger partial charge in [-0.2, -0.15) is 12.7 Å². The van der Waals surface area contributed by atoms with Gasteiger partial charge in [0.1, 0.15) is 0 Å². The van der Waals surface area contributed by atoms with Gasteiger partial charge in [0.05, 0.1) is 5.41 Å². The molecule has 15 heavy (non-hydrogen) atoms. The van der Waals surface area contributed by atoms with Gasteiger partial charge in [0, 0.05) is 13.1 Å². The van der Waals surface area contributed by atoms with E-state index in [0.717, 1.165) is 4.31 Å². The summed E-state index contributed by atoms with van der Waals surface area (Å²) < 4.78 is 23.2. The number of carbonyl (C=O) groups is 1. The first-order valence-corrected chi connectivity index (χ1v) is 6.33. The van der Waals surface area contributed by atoms with Gasteiger partial charge in [-0.3, -0.25) is 4.79 Å². The van der Waals surface area contributed by atoms with Crippen LogP contribution in [0.1, 0.15) is 26.2 Å². The van der Waals surface area contributed by atoms with Crippen LogP contribution in [-0.4, -0.2) is 36.9 Å². The summed E-state index contributed by atoms with van der Waals surface area (Å²) >= 11 is 0. The summed E-state index contributed by atoms with van der Waals surface area (Å²) in [4.78, 5) is 11.1. The van der Waals surface area contributed by atoms with Crippen molar-refractivity contribution in [2.24, 2.45) is 10.6 Å². The zero-order valence-corrected chi connectivity index (χ0v) is 9.46.